The number of rotatable bonds is 5. The third-order valence-corrected chi connectivity index (χ3v) is 6.85. The lowest BCUT2D eigenvalue weighted by atomic mass is 10.1. The molecule has 3 aliphatic rings. The lowest BCUT2D eigenvalue weighted by Gasteiger charge is -2.20. The predicted molar refractivity (Wildman–Crippen MR) is 112 cm³/mol. The number of carbonyl (C=O) groups excluding carboxylic acids is 3. The van der Waals surface area contributed by atoms with Crippen LogP contribution in [-0.4, -0.2) is 30.8 Å². The van der Waals surface area contributed by atoms with Crippen LogP contribution in [0.3, 0.4) is 0 Å². The van der Waals surface area contributed by atoms with Crippen molar-refractivity contribution in [2.45, 2.75) is 32.2 Å². The summed E-state index contributed by atoms with van der Waals surface area (Å²) in [5.41, 5.74) is 2.90. The van der Waals surface area contributed by atoms with Gasteiger partial charge in [-0.2, -0.15) is 0 Å². The number of carbonyl (C=O) groups is 3. The van der Waals surface area contributed by atoms with E-state index < -0.39 is 0 Å². The molecule has 7 heteroatoms. The third kappa shape index (κ3) is 3.55. The first kappa shape index (κ1) is 18.4. The van der Waals surface area contributed by atoms with Crippen LogP contribution in [-0.2, 0) is 27.3 Å². The largest absolute Gasteiger partial charge is 0.351 e. The third-order valence-electron chi connectivity index (χ3n) is 5.98. The average Bonchev–Trinajstić information content (AvgIpc) is 3.12. The number of anilines is 2. The van der Waals surface area contributed by atoms with Crippen LogP contribution in [0.2, 0.25) is 0 Å². The van der Waals surface area contributed by atoms with Crippen molar-refractivity contribution in [2.24, 2.45) is 11.8 Å². The van der Waals surface area contributed by atoms with Gasteiger partial charge in [-0.15, -0.1) is 11.3 Å². The highest BCUT2D eigenvalue weighted by molar-refractivity contribution is 7.09. The van der Waals surface area contributed by atoms with E-state index in [1.807, 2.05) is 40.6 Å². The molecule has 6 nitrogen and oxygen atoms in total. The van der Waals surface area contributed by atoms with E-state index in [1.54, 1.807) is 16.2 Å². The molecule has 2 aromatic rings. The lowest BCUT2D eigenvalue weighted by molar-refractivity contribution is -0.126. The lowest BCUT2D eigenvalue weighted by Crippen LogP contribution is -2.32. The maximum atomic E-state index is 12.6. The molecular formula is C22H23N3O3S. The van der Waals surface area contributed by atoms with E-state index in [2.05, 4.69) is 5.32 Å². The summed E-state index contributed by atoms with van der Waals surface area (Å²) in [4.78, 5) is 42.2. The van der Waals surface area contributed by atoms with Crippen molar-refractivity contribution in [1.82, 2.24) is 5.32 Å². The fourth-order valence-electron chi connectivity index (χ4n) is 4.20. The van der Waals surface area contributed by atoms with E-state index in [0.29, 0.717) is 13.1 Å². The van der Waals surface area contributed by atoms with E-state index in [0.717, 1.165) is 47.6 Å². The molecule has 1 saturated heterocycles. The fraction of sp³-hybridized carbons (Fsp3) is 0.409. The molecule has 1 aliphatic carbocycles. The predicted octanol–water partition coefficient (Wildman–Crippen LogP) is 2.72. The van der Waals surface area contributed by atoms with Crippen LogP contribution < -0.4 is 15.1 Å². The van der Waals surface area contributed by atoms with Crippen molar-refractivity contribution in [3.63, 3.8) is 0 Å². The molecule has 0 unspecified atom stereocenters. The highest BCUT2D eigenvalue weighted by atomic mass is 32.1. The van der Waals surface area contributed by atoms with Crippen LogP contribution in [0.4, 0.5) is 11.4 Å². The van der Waals surface area contributed by atoms with Crippen LogP contribution in [0.5, 0.6) is 0 Å². The highest BCUT2D eigenvalue weighted by Crippen LogP contribution is 2.38. The van der Waals surface area contributed by atoms with Crippen LogP contribution in [0, 0.1) is 11.8 Å². The average molecular weight is 410 g/mol. The summed E-state index contributed by atoms with van der Waals surface area (Å²) in [6, 6.07) is 9.81. The van der Waals surface area contributed by atoms with Gasteiger partial charge < -0.3 is 15.1 Å². The first-order valence-electron chi connectivity index (χ1n) is 10.1. The Bertz CT molecular complexity index is 968. The molecule has 1 N–H and O–H groups in total. The zero-order valence-electron chi connectivity index (χ0n) is 16.1. The molecule has 0 spiro atoms. The van der Waals surface area contributed by atoms with Crippen LogP contribution >= 0.6 is 11.3 Å². The Morgan fingerprint density at radius 3 is 2.79 bits per heavy atom. The number of hydrogen-bond donors (Lipinski definition) is 1. The maximum Gasteiger partial charge on any atom is 0.230 e. The van der Waals surface area contributed by atoms with Gasteiger partial charge in [0, 0.05) is 41.7 Å². The SMILES string of the molecule is O=C(NCc1cccs1)[C@H]1CC(=O)N(c2ccc3c(c2)CCN3C(=O)C2CC2)C1. The van der Waals surface area contributed by atoms with Crippen LogP contribution in [0.1, 0.15) is 29.7 Å². The minimum absolute atomic E-state index is 0.0230. The van der Waals surface area contributed by atoms with Gasteiger partial charge in [-0.25, -0.2) is 0 Å². The Hall–Kier alpha value is -2.67. The summed E-state index contributed by atoms with van der Waals surface area (Å²) >= 11 is 1.60. The minimum atomic E-state index is -0.330. The van der Waals surface area contributed by atoms with Crippen molar-refractivity contribution in [3.8, 4) is 0 Å². The summed E-state index contributed by atoms with van der Waals surface area (Å²) in [6.07, 6.45) is 3.05. The number of nitrogens with one attached hydrogen (secondary N) is 1. The van der Waals surface area contributed by atoms with Gasteiger partial charge in [-0.1, -0.05) is 6.07 Å². The first-order chi connectivity index (χ1) is 14.1. The Morgan fingerprint density at radius 1 is 1.17 bits per heavy atom. The van der Waals surface area contributed by atoms with Crippen LogP contribution in [0.25, 0.3) is 0 Å². The number of benzene rings is 1. The van der Waals surface area contributed by atoms with Crippen molar-refractivity contribution in [3.05, 3.63) is 46.2 Å². The second kappa shape index (κ2) is 7.30. The molecule has 3 heterocycles. The number of amides is 3. The Balaban J connectivity index is 1.26. The monoisotopic (exact) mass is 409 g/mol. The summed E-state index contributed by atoms with van der Waals surface area (Å²) < 4.78 is 0. The molecule has 0 radical (unpaired) electrons. The molecule has 1 atom stereocenters. The number of hydrogen-bond acceptors (Lipinski definition) is 4. The molecule has 5 rings (SSSR count). The topological polar surface area (TPSA) is 69.7 Å². The fourth-order valence-corrected chi connectivity index (χ4v) is 4.84. The second-order valence-corrected chi connectivity index (χ2v) is 9.06. The Labute approximate surface area is 173 Å². The van der Waals surface area contributed by atoms with Gasteiger partial charge >= 0.3 is 0 Å². The molecule has 1 aromatic carbocycles. The molecule has 150 valence electrons. The van der Waals surface area contributed by atoms with E-state index in [-0.39, 0.29) is 36.0 Å². The van der Waals surface area contributed by atoms with E-state index in [4.69, 9.17) is 0 Å². The molecular weight excluding hydrogens is 386 g/mol. The van der Waals surface area contributed by atoms with Crippen molar-refractivity contribution in [2.75, 3.05) is 22.9 Å². The number of thiophene rings is 1. The number of fused-ring (bicyclic) bond motifs is 1. The zero-order valence-corrected chi connectivity index (χ0v) is 16.9. The maximum absolute atomic E-state index is 12.6. The zero-order chi connectivity index (χ0) is 20.0. The molecule has 1 saturated carbocycles. The molecule has 29 heavy (non-hydrogen) atoms. The van der Waals surface area contributed by atoms with Crippen molar-refractivity contribution in [1.29, 1.82) is 0 Å². The standard InChI is InChI=1S/C22H23N3O3S/c26-20-11-16(21(27)23-12-18-2-1-9-29-18)13-25(20)17-5-6-19-15(10-17)7-8-24(19)22(28)14-3-4-14/h1-2,5-6,9-10,14,16H,3-4,7-8,11-13H2,(H,23,27)/t16-/m0/s1. The highest BCUT2D eigenvalue weighted by Gasteiger charge is 2.38. The van der Waals surface area contributed by atoms with Crippen molar-refractivity contribution < 1.29 is 14.4 Å². The van der Waals surface area contributed by atoms with Crippen LogP contribution in [0.15, 0.2) is 35.7 Å². The van der Waals surface area contributed by atoms with Gasteiger partial charge in [0.1, 0.15) is 0 Å². The molecule has 3 amide bonds. The summed E-state index contributed by atoms with van der Waals surface area (Å²) in [5, 5.41) is 4.93. The molecule has 2 fully saturated rings. The molecule has 1 aromatic heterocycles. The summed E-state index contributed by atoms with van der Waals surface area (Å²) in [5.74, 6) is 0.0101. The van der Waals surface area contributed by atoms with Gasteiger partial charge in [0.2, 0.25) is 17.7 Å². The Morgan fingerprint density at radius 2 is 2.03 bits per heavy atom. The van der Waals surface area contributed by atoms with Gasteiger partial charge in [0.15, 0.2) is 0 Å². The quantitative estimate of drug-likeness (QED) is 0.826. The normalized spacial score (nSPS) is 20.8. The molecule has 0 bridgehead atoms. The smallest absolute Gasteiger partial charge is 0.230 e. The summed E-state index contributed by atoms with van der Waals surface area (Å²) in [7, 11) is 0. The van der Waals surface area contributed by atoms with E-state index in [1.165, 1.54) is 0 Å². The van der Waals surface area contributed by atoms with Crippen molar-refractivity contribution >= 4 is 40.4 Å². The van der Waals surface area contributed by atoms with Gasteiger partial charge in [-0.05, 0) is 54.5 Å². The van der Waals surface area contributed by atoms with Gasteiger partial charge in [0.05, 0.1) is 12.5 Å². The number of nitrogens with zero attached hydrogens (tertiary/aromatic N) is 2. The Kier molecular flexibility index (Phi) is 4.62. The van der Waals surface area contributed by atoms with E-state index in [9.17, 15) is 14.4 Å². The van der Waals surface area contributed by atoms with Gasteiger partial charge in [0.25, 0.3) is 0 Å². The summed E-state index contributed by atoms with van der Waals surface area (Å²) in [6.45, 7) is 1.62. The molecule has 2 aliphatic heterocycles. The first-order valence-corrected chi connectivity index (χ1v) is 11.0. The van der Waals surface area contributed by atoms with E-state index >= 15 is 0 Å². The second-order valence-electron chi connectivity index (χ2n) is 8.03. The minimum Gasteiger partial charge on any atom is -0.351 e. The van der Waals surface area contributed by atoms with Gasteiger partial charge in [-0.3, -0.25) is 14.4 Å².